The molecule has 3 aliphatic carbocycles. The Morgan fingerprint density at radius 3 is 2.12 bits per heavy atom. The van der Waals surface area contributed by atoms with Crippen molar-refractivity contribution in [1.82, 2.24) is 5.01 Å². The van der Waals surface area contributed by atoms with E-state index >= 15 is 0 Å². The number of fused-ring (bicyclic) bond motifs is 3. The lowest BCUT2D eigenvalue weighted by molar-refractivity contribution is -0.384. The summed E-state index contributed by atoms with van der Waals surface area (Å²) < 4.78 is 0. The van der Waals surface area contributed by atoms with Gasteiger partial charge in [-0.05, 0) is 47.8 Å². The molecule has 0 N–H and O–H groups in total. The number of carbonyl (C=O) groups is 2. The molecule has 1 aliphatic heterocycles. The Bertz CT molecular complexity index is 835. The number of rotatable bonds is 3. The Balaban J connectivity index is 1.39. The molecule has 1 heterocycles. The Morgan fingerprint density at radius 2 is 1.64 bits per heavy atom. The zero-order valence-corrected chi connectivity index (χ0v) is 13.2. The van der Waals surface area contributed by atoms with Crippen molar-refractivity contribution in [1.29, 1.82) is 0 Å². The minimum absolute atomic E-state index is 0.0163. The largest absolute Gasteiger partial charge is 0.272 e. The molecule has 2 bridgehead atoms. The van der Waals surface area contributed by atoms with Crippen molar-refractivity contribution in [3.05, 3.63) is 52.1 Å². The summed E-state index contributed by atoms with van der Waals surface area (Å²) in [6, 6.07) is 5.81. The summed E-state index contributed by atoms with van der Waals surface area (Å²) >= 11 is 0. The van der Waals surface area contributed by atoms with Gasteiger partial charge in [-0.3, -0.25) is 19.7 Å². The molecule has 25 heavy (non-hydrogen) atoms. The summed E-state index contributed by atoms with van der Waals surface area (Å²) in [6.07, 6.45) is 7.85. The van der Waals surface area contributed by atoms with E-state index in [1.807, 2.05) is 0 Å². The summed E-state index contributed by atoms with van der Waals surface area (Å²) in [5, 5.41) is 15.8. The molecule has 0 radical (unpaired) electrons. The van der Waals surface area contributed by atoms with Crippen LogP contribution in [0.1, 0.15) is 18.4 Å². The van der Waals surface area contributed by atoms with Crippen molar-refractivity contribution >= 4 is 23.7 Å². The number of benzene rings is 1. The van der Waals surface area contributed by atoms with Crippen LogP contribution in [-0.4, -0.2) is 28.0 Å². The molecule has 1 spiro atoms. The van der Waals surface area contributed by atoms with E-state index in [1.54, 1.807) is 0 Å². The average molecular weight is 337 g/mol. The molecule has 2 saturated carbocycles. The van der Waals surface area contributed by atoms with Gasteiger partial charge in [0.2, 0.25) is 0 Å². The number of hydrogen-bond donors (Lipinski definition) is 0. The quantitative estimate of drug-likeness (QED) is 0.278. The van der Waals surface area contributed by atoms with Crippen molar-refractivity contribution in [3.63, 3.8) is 0 Å². The standard InChI is InChI=1S/C18H15N3O4/c22-16-14-12-5-6-13(18(12)7-8-18)15(14)17(23)20(16)19-9-10-1-3-11(4-2-10)21(24)25/h1-6,9,12-15H,7-8H2/b19-9-/t12-,13-,14-,15+/m1/s1. The predicted molar refractivity (Wildman–Crippen MR) is 87.3 cm³/mol. The summed E-state index contributed by atoms with van der Waals surface area (Å²) in [5.41, 5.74) is 0.759. The number of hydrazone groups is 1. The van der Waals surface area contributed by atoms with Crippen LogP contribution in [0.2, 0.25) is 0 Å². The Labute approximate surface area is 143 Å². The first-order valence-electron chi connectivity index (χ1n) is 8.37. The molecule has 1 aromatic carbocycles. The smallest absolute Gasteiger partial charge is 0.269 e. The fourth-order valence-corrected chi connectivity index (χ4v) is 4.98. The highest BCUT2D eigenvalue weighted by atomic mass is 16.6. The minimum Gasteiger partial charge on any atom is -0.272 e. The second kappa shape index (κ2) is 4.62. The number of allylic oxidation sites excluding steroid dienone is 2. The van der Waals surface area contributed by atoms with Crippen LogP contribution in [0, 0.1) is 39.2 Å². The van der Waals surface area contributed by atoms with Gasteiger partial charge in [-0.2, -0.15) is 10.1 Å². The van der Waals surface area contributed by atoms with Crippen LogP contribution in [0.3, 0.4) is 0 Å². The van der Waals surface area contributed by atoms with Crippen molar-refractivity contribution in [3.8, 4) is 0 Å². The molecule has 126 valence electrons. The van der Waals surface area contributed by atoms with Crippen LogP contribution in [0.25, 0.3) is 0 Å². The molecule has 7 heteroatoms. The van der Waals surface area contributed by atoms with Gasteiger partial charge in [0.15, 0.2) is 0 Å². The third-order valence-corrected chi connectivity index (χ3v) is 6.26. The molecular formula is C18H15N3O4. The van der Waals surface area contributed by atoms with E-state index in [-0.39, 0.29) is 46.6 Å². The van der Waals surface area contributed by atoms with Crippen molar-refractivity contribution in [2.45, 2.75) is 12.8 Å². The highest BCUT2D eigenvalue weighted by Gasteiger charge is 2.73. The van der Waals surface area contributed by atoms with E-state index in [0.29, 0.717) is 5.56 Å². The minimum atomic E-state index is -0.480. The van der Waals surface area contributed by atoms with Gasteiger partial charge in [0, 0.05) is 12.1 Å². The van der Waals surface area contributed by atoms with E-state index in [4.69, 9.17) is 0 Å². The fourth-order valence-electron chi connectivity index (χ4n) is 4.98. The molecule has 2 amide bonds. The number of nitrogens with zero attached hydrogens (tertiary/aromatic N) is 3. The normalized spacial score (nSPS) is 33.7. The highest BCUT2D eigenvalue weighted by Crippen LogP contribution is 2.73. The molecule has 1 saturated heterocycles. The van der Waals surface area contributed by atoms with Gasteiger partial charge in [0.25, 0.3) is 17.5 Å². The van der Waals surface area contributed by atoms with Crippen LogP contribution in [0.15, 0.2) is 41.5 Å². The average Bonchev–Trinajstić information content (AvgIpc) is 3.20. The summed E-state index contributed by atoms with van der Waals surface area (Å²) in [7, 11) is 0. The molecular weight excluding hydrogens is 322 g/mol. The van der Waals surface area contributed by atoms with Crippen LogP contribution in [0.5, 0.6) is 0 Å². The Kier molecular flexibility index (Phi) is 2.68. The van der Waals surface area contributed by atoms with Gasteiger partial charge in [-0.15, -0.1) is 0 Å². The van der Waals surface area contributed by atoms with E-state index in [2.05, 4.69) is 17.3 Å². The first-order valence-corrected chi connectivity index (χ1v) is 8.37. The maximum atomic E-state index is 12.7. The summed E-state index contributed by atoms with van der Waals surface area (Å²) in [4.78, 5) is 35.7. The summed E-state index contributed by atoms with van der Waals surface area (Å²) in [5.74, 6) is -0.595. The lowest BCUT2D eigenvalue weighted by atomic mass is 9.85. The lowest BCUT2D eigenvalue weighted by Gasteiger charge is -2.18. The van der Waals surface area contributed by atoms with Crippen molar-refractivity contribution < 1.29 is 14.5 Å². The monoisotopic (exact) mass is 337 g/mol. The SMILES string of the molecule is O=C1[C@@H]2[C@H](C(=O)N1/N=C\c1ccc([N+](=O)[O-])cc1)[C@H]1C=C[C@H]2C12CC2. The Hall–Kier alpha value is -2.83. The number of amides is 2. The van der Waals surface area contributed by atoms with Crippen LogP contribution < -0.4 is 0 Å². The maximum Gasteiger partial charge on any atom is 0.269 e. The predicted octanol–water partition coefficient (Wildman–Crippen LogP) is 2.13. The summed E-state index contributed by atoms with van der Waals surface area (Å²) in [6.45, 7) is 0. The zero-order valence-electron chi connectivity index (χ0n) is 13.2. The first kappa shape index (κ1) is 14.5. The number of imide groups is 1. The number of carbonyl (C=O) groups excluding carboxylic acids is 2. The van der Waals surface area contributed by atoms with Gasteiger partial charge in [0.1, 0.15) is 0 Å². The Morgan fingerprint density at radius 1 is 1.08 bits per heavy atom. The fraction of sp³-hybridized carbons (Fsp3) is 0.389. The van der Waals surface area contributed by atoms with Crippen molar-refractivity contribution in [2.24, 2.45) is 34.2 Å². The number of nitro benzene ring substituents is 1. The zero-order chi connectivity index (χ0) is 17.3. The third-order valence-electron chi connectivity index (χ3n) is 6.26. The molecule has 4 aliphatic rings. The first-order chi connectivity index (χ1) is 12.0. The van der Waals surface area contributed by atoms with Crippen LogP contribution >= 0.6 is 0 Å². The van der Waals surface area contributed by atoms with E-state index in [9.17, 15) is 19.7 Å². The molecule has 7 nitrogen and oxygen atoms in total. The van der Waals surface area contributed by atoms with Crippen LogP contribution in [0.4, 0.5) is 5.69 Å². The second-order valence-electron chi connectivity index (χ2n) is 7.30. The highest BCUT2D eigenvalue weighted by molar-refractivity contribution is 6.07. The van der Waals surface area contributed by atoms with E-state index in [0.717, 1.165) is 17.9 Å². The molecule has 1 aromatic rings. The van der Waals surface area contributed by atoms with Gasteiger partial charge in [-0.1, -0.05) is 12.2 Å². The van der Waals surface area contributed by atoms with Gasteiger partial charge in [-0.25, -0.2) is 0 Å². The number of non-ortho nitro benzene ring substituents is 1. The maximum absolute atomic E-state index is 12.7. The molecule has 5 rings (SSSR count). The van der Waals surface area contributed by atoms with Crippen molar-refractivity contribution in [2.75, 3.05) is 0 Å². The lowest BCUT2D eigenvalue weighted by Crippen LogP contribution is -2.30. The van der Waals surface area contributed by atoms with Gasteiger partial charge < -0.3 is 0 Å². The third kappa shape index (κ3) is 1.78. The second-order valence-corrected chi connectivity index (χ2v) is 7.30. The topological polar surface area (TPSA) is 92.9 Å². The molecule has 0 unspecified atom stereocenters. The van der Waals surface area contributed by atoms with E-state index in [1.165, 1.54) is 30.5 Å². The number of nitro groups is 1. The van der Waals surface area contributed by atoms with E-state index < -0.39 is 4.92 Å². The number of hydrogen-bond acceptors (Lipinski definition) is 5. The van der Waals surface area contributed by atoms with Gasteiger partial charge >= 0.3 is 0 Å². The molecule has 3 fully saturated rings. The molecule has 0 aromatic heterocycles. The molecule has 4 atom stereocenters. The van der Waals surface area contributed by atoms with Gasteiger partial charge in [0.05, 0.1) is 23.0 Å². The van der Waals surface area contributed by atoms with Crippen LogP contribution in [-0.2, 0) is 9.59 Å².